The van der Waals surface area contributed by atoms with Crippen molar-refractivity contribution < 1.29 is 9.59 Å². The highest BCUT2D eigenvalue weighted by molar-refractivity contribution is 7.17. The molecule has 4 rings (SSSR count). The minimum absolute atomic E-state index is 0.0213. The van der Waals surface area contributed by atoms with Gasteiger partial charge in [0, 0.05) is 17.7 Å². The van der Waals surface area contributed by atoms with Gasteiger partial charge in [-0.1, -0.05) is 33.6 Å². The molecule has 0 atom stereocenters. The lowest BCUT2D eigenvalue weighted by Gasteiger charge is -2.15. The van der Waals surface area contributed by atoms with Crippen LogP contribution in [0.3, 0.4) is 0 Å². The molecular formula is C21H24N4O2S. The van der Waals surface area contributed by atoms with Gasteiger partial charge in [-0.2, -0.15) is 0 Å². The van der Waals surface area contributed by atoms with Gasteiger partial charge >= 0.3 is 0 Å². The van der Waals surface area contributed by atoms with E-state index >= 15 is 0 Å². The molecule has 28 heavy (non-hydrogen) atoms. The maximum absolute atomic E-state index is 12.7. The first-order chi connectivity index (χ1) is 13.3. The zero-order chi connectivity index (χ0) is 19.9. The molecule has 1 fully saturated rings. The summed E-state index contributed by atoms with van der Waals surface area (Å²) in [5.41, 5.74) is 1.88. The average Bonchev–Trinajstić information content (AvgIpc) is 3.39. The van der Waals surface area contributed by atoms with Crippen LogP contribution in [0, 0.1) is 5.41 Å². The Morgan fingerprint density at radius 3 is 2.68 bits per heavy atom. The van der Waals surface area contributed by atoms with Gasteiger partial charge in [0.1, 0.15) is 5.52 Å². The number of rotatable bonds is 4. The number of carbonyl (C=O) groups excluding carboxylic acids is 2. The van der Waals surface area contributed by atoms with Crippen LogP contribution in [-0.2, 0) is 0 Å². The summed E-state index contributed by atoms with van der Waals surface area (Å²) in [6, 6.07) is 4.01. The van der Waals surface area contributed by atoms with Crippen LogP contribution in [0.4, 0.5) is 0 Å². The molecule has 3 aromatic heterocycles. The van der Waals surface area contributed by atoms with Gasteiger partial charge in [0.25, 0.3) is 5.91 Å². The van der Waals surface area contributed by atoms with E-state index in [2.05, 4.69) is 20.3 Å². The number of thiophene rings is 1. The molecule has 1 saturated carbocycles. The summed E-state index contributed by atoms with van der Waals surface area (Å²) in [5.74, 6) is -0.00422. The molecule has 0 radical (unpaired) electrons. The van der Waals surface area contributed by atoms with E-state index in [-0.39, 0.29) is 11.7 Å². The van der Waals surface area contributed by atoms with Crippen LogP contribution in [-0.4, -0.2) is 32.7 Å². The summed E-state index contributed by atoms with van der Waals surface area (Å²) in [6.07, 6.45) is 7.84. The lowest BCUT2D eigenvalue weighted by Crippen LogP contribution is -2.31. The van der Waals surface area contributed by atoms with Crippen molar-refractivity contribution in [1.82, 2.24) is 20.3 Å². The number of hydrogen-bond acceptors (Lipinski definition) is 5. The van der Waals surface area contributed by atoms with Gasteiger partial charge < -0.3 is 10.3 Å². The third-order valence-electron chi connectivity index (χ3n) is 5.08. The van der Waals surface area contributed by atoms with E-state index < -0.39 is 5.41 Å². The molecule has 2 N–H and O–H groups in total. The van der Waals surface area contributed by atoms with Gasteiger partial charge in [-0.25, -0.2) is 9.97 Å². The zero-order valence-electron chi connectivity index (χ0n) is 16.3. The molecule has 1 amide bonds. The molecule has 146 valence electrons. The Kier molecular flexibility index (Phi) is 4.79. The van der Waals surface area contributed by atoms with Gasteiger partial charge in [-0.3, -0.25) is 9.59 Å². The molecule has 1 aliphatic rings. The van der Waals surface area contributed by atoms with E-state index in [0.29, 0.717) is 33.3 Å². The number of hydrogen-bond donors (Lipinski definition) is 2. The first kappa shape index (κ1) is 18.8. The highest BCUT2D eigenvalue weighted by Crippen LogP contribution is 2.30. The Hall–Kier alpha value is -2.54. The van der Waals surface area contributed by atoms with Crippen molar-refractivity contribution in [1.29, 1.82) is 0 Å². The second-order valence-corrected chi connectivity index (χ2v) is 9.44. The fraction of sp³-hybridized carbons (Fsp3) is 0.429. The summed E-state index contributed by atoms with van der Waals surface area (Å²) in [5, 5.41) is 3.11. The van der Waals surface area contributed by atoms with Gasteiger partial charge in [-0.05, 0) is 25.0 Å². The number of Topliss-reactive ketones (excluding diaryl/α,β-unsaturated/α-hetero) is 1. The Morgan fingerprint density at radius 2 is 1.96 bits per heavy atom. The Morgan fingerprint density at radius 1 is 1.21 bits per heavy atom. The third-order valence-corrected chi connectivity index (χ3v) is 6.19. The van der Waals surface area contributed by atoms with Gasteiger partial charge in [0.05, 0.1) is 27.2 Å². The molecule has 0 aromatic carbocycles. The number of nitrogens with zero attached hydrogens (tertiary/aromatic N) is 2. The highest BCUT2D eigenvalue weighted by Gasteiger charge is 2.26. The molecule has 0 aliphatic heterocycles. The van der Waals surface area contributed by atoms with Crippen molar-refractivity contribution >= 4 is 34.2 Å². The molecule has 6 nitrogen and oxygen atoms in total. The van der Waals surface area contributed by atoms with Crippen LogP contribution in [0.5, 0.6) is 0 Å². The van der Waals surface area contributed by atoms with E-state index in [4.69, 9.17) is 0 Å². The number of aromatic amines is 1. The lowest BCUT2D eigenvalue weighted by molar-refractivity contribution is 0.0859. The Balaban J connectivity index is 1.62. The molecule has 0 spiro atoms. The van der Waals surface area contributed by atoms with E-state index in [9.17, 15) is 9.59 Å². The Bertz CT molecular complexity index is 1040. The van der Waals surface area contributed by atoms with Gasteiger partial charge in [0.15, 0.2) is 11.4 Å². The van der Waals surface area contributed by atoms with Crippen LogP contribution >= 0.6 is 11.3 Å². The predicted octanol–water partition coefficient (Wildman–Crippen LogP) is 4.59. The normalized spacial score (nSPS) is 15.2. The second kappa shape index (κ2) is 7.13. The van der Waals surface area contributed by atoms with Crippen LogP contribution in [0.2, 0.25) is 0 Å². The van der Waals surface area contributed by atoms with Crippen LogP contribution in [0.25, 0.3) is 21.7 Å². The van der Waals surface area contributed by atoms with Crippen molar-refractivity contribution in [3.63, 3.8) is 0 Å². The number of H-pyrrole nitrogens is 1. The molecule has 3 heterocycles. The number of aromatic nitrogens is 3. The Labute approximate surface area is 167 Å². The van der Waals surface area contributed by atoms with Crippen LogP contribution < -0.4 is 5.32 Å². The SMILES string of the molecule is CC(C)(C)C(=O)c1c[nH]c2ncc(-c3ccc(C(=O)NC4CCCC4)s3)nc12. The first-order valence-corrected chi connectivity index (χ1v) is 10.4. The lowest BCUT2D eigenvalue weighted by atomic mass is 9.87. The van der Waals surface area contributed by atoms with E-state index in [1.807, 2.05) is 32.9 Å². The minimum Gasteiger partial charge on any atom is -0.349 e. The van der Waals surface area contributed by atoms with Crippen molar-refractivity contribution in [3.05, 3.63) is 35.0 Å². The predicted molar refractivity (Wildman–Crippen MR) is 111 cm³/mol. The maximum atomic E-state index is 12.7. The van der Waals surface area contributed by atoms with Crippen LogP contribution in [0.15, 0.2) is 24.5 Å². The number of carbonyl (C=O) groups is 2. The van der Waals surface area contributed by atoms with Gasteiger partial charge in [-0.15, -0.1) is 11.3 Å². The zero-order valence-corrected chi connectivity index (χ0v) is 17.2. The molecular weight excluding hydrogens is 372 g/mol. The summed E-state index contributed by atoms with van der Waals surface area (Å²) >= 11 is 1.40. The van der Waals surface area contributed by atoms with Crippen molar-refractivity contribution in [3.8, 4) is 10.6 Å². The topological polar surface area (TPSA) is 87.7 Å². The molecule has 7 heteroatoms. The quantitative estimate of drug-likeness (QED) is 0.632. The molecule has 0 saturated heterocycles. The van der Waals surface area contributed by atoms with E-state index in [1.165, 1.54) is 24.2 Å². The molecule has 0 bridgehead atoms. The monoisotopic (exact) mass is 396 g/mol. The highest BCUT2D eigenvalue weighted by atomic mass is 32.1. The minimum atomic E-state index is -0.499. The number of ketones is 1. The summed E-state index contributed by atoms with van der Waals surface area (Å²) < 4.78 is 0. The van der Waals surface area contributed by atoms with E-state index in [1.54, 1.807) is 12.4 Å². The standard InChI is InChI=1S/C21H24N4O2S/c1-21(2,3)18(26)13-10-22-19-17(13)25-14(11-23-19)15-8-9-16(28-15)20(27)24-12-6-4-5-7-12/h8-12H,4-7H2,1-3H3,(H,22,23)(H,24,27). The van der Waals surface area contributed by atoms with E-state index in [0.717, 1.165) is 17.7 Å². The fourth-order valence-corrected chi connectivity index (χ4v) is 4.38. The summed E-state index contributed by atoms with van der Waals surface area (Å²) in [4.78, 5) is 38.8. The number of amides is 1. The molecule has 3 aromatic rings. The first-order valence-electron chi connectivity index (χ1n) is 9.63. The maximum Gasteiger partial charge on any atom is 0.261 e. The van der Waals surface area contributed by atoms with Crippen molar-refractivity contribution in [2.75, 3.05) is 0 Å². The van der Waals surface area contributed by atoms with Crippen molar-refractivity contribution in [2.24, 2.45) is 5.41 Å². The smallest absolute Gasteiger partial charge is 0.261 e. The van der Waals surface area contributed by atoms with Crippen molar-refractivity contribution in [2.45, 2.75) is 52.5 Å². The fourth-order valence-electron chi connectivity index (χ4n) is 3.51. The molecule has 0 unspecified atom stereocenters. The average molecular weight is 397 g/mol. The summed E-state index contributed by atoms with van der Waals surface area (Å²) in [6.45, 7) is 5.67. The number of nitrogens with one attached hydrogen (secondary N) is 2. The largest absolute Gasteiger partial charge is 0.349 e. The summed E-state index contributed by atoms with van der Waals surface area (Å²) in [7, 11) is 0. The van der Waals surface area contributed by atoms with Gasteiger partial charge in [0.2, 0.25) is 0 Å². The molecule has 1 aliphatic carbocycles. The van der Waals surface area contributed by atoms with Crippen LogP contribution in [0.1, 0.15) is 66.5 Å². The second-order valence-electron chi connectivity index (χ2n) is 8.35. The third kappa shape index (κ3) is 3.58. The number of fused-ring (bicyclic) bond motifs is 1.